The fourth-order valence-electron chi connectivity index (χ4n) is 4.05. The van der Waals surface area contributed by atoms with E-state index >= 15 is 0 Å². The molecule has 34 heavy (non-hydrogen) atoms. The third kappa shape index (κ3) is 7.14. The second-order valence-electron chi connectivity index (χ2n) is 8.51. The quantitative estimate of drug-likeness (QED) is 0.496. The Hall–Kier alpha value is -2.71. The molecule has 1 amide bonds. The summed E-state index contributed by atoms with van der Waals surface area (Å²) in [5.74, 6) is -0.405. The number of amides is 1. The van der Waals surface area contributed by atoms with Crippen molar-refractivity contribution in [2.24, 2.45) is 0 Å². The average molecular weight is 492 g/mol. The summed E-state index contributed by atoms with van der Waals surface area (Å²) >= 11 is 6.06. The summed E-state index contributed by atoms with van der Waals surface area (Å²) in [5.41, 5.74) is 1.69. The highest BCUT2D eigenvalue weighted by Gasteiger charge is 2.32. The number of hydrogen-bond donors (Lipinski definition) is 0. The number of rotatable bonds is 9. The van der Waals surface area contributed by atoms with E-state index in [1.165, 1.54) is 18.3 Å². The molecule has 9 heteroatoms. The van der Waals surface area contributed by atoms with Gasteiger partial charge in [0.05, 0.1) is 11.6 Å². The third-order valence-corrected chi connectivity index (χ3v) is 6.07. The minimum atomic E-state index is -0.314. The lowest BCUT2D eigenvalue weighted by molar-refractivity contribution is -0.143. The standard InChI is InChI=1S/C25H31ClFN3O4/c1-4-33-24(32)10-7-20-11-21(26)12-28-25(20)34-16-23(31)30-14-17(2)29(13-18(30)3)15-19-5-8-22(27)9-6-19/h5-6,8-9,11-12,17-18H,4,7,10,13-16H2,1-3H3/t17-,18+/m0/s1. The fraction of sp³-hybridized carbons (Fsp3) is 0.480. The molecule has 1 aromatic heterocycles. The maximum atomic E-state index is 13.2. The fourth-order valence-corrected chi connectivity index (χ4v) is 4.23. The van der Waals surface area contributed by atoms with Crippen molar-refractivity contribution in [2.75, 3.05) is 26.3 Å². The Morgan fingerprint density at radius 1 is 1.18 bits per heavy atom. The van der Waals surface area contributed by atoms with E-state index in [1.807, 2.05) is 11.8 Å². The largest absolute Gasteiger partial charge is 0.467 e. The predicted octanol–water partition coefficient (Wildman–Crippen LogP) is 3.87. The lowest BCUT2D eigenvalue weighted by Crippen LogP contribution is -2.58. The van der Waals surface area contributed by atoms with Crippen LogP contribution in [0.2, 0.25) is 5.02 Å². The topological polar surface area (TPSA) is 72.0 Å². The molecule has 1 fully saturated rings. The second kappa shape index (κ2) is 12.1. The van der Waals surface area contributed by atoms with Crippen molar-refractivity contribution < 1.29 is 23.5 Å². The number of carbonyl (C=O) groups excluding carboxylic acids is 2. The summed E-state index contributed by atoms with van der Waals surface area (Å²) in [7, 11) is 0. The maximum Gasteiger partial charge on any atom is 0.306 e. The molecule has 0 radical (unpaired) electrons. The first-order chi connectivity index (χ1) is 16.3. The molecule has 7 nitrogen and oxygen atoms in total. The van der Waals surface area contributed by atoms with Crippen LogP contribution in [0.3, 0.4) is 0 Å². The van der Waals surface area contributed by atoms with E-state index in [4.69, 9.17) is 21.1 Å². The number of ether oxygens (including phenoxy) is 2. The lowest BCUT2D eigenvalue weighted by Gasteiger charge is -2.44. The van der Waals surface area contributed by atoms with Crippen LogP contribution in [0.1, 0.15) is 38.3 Å². The van der Waals surface area contributed by atoms with E-state index in [-0.39, 0.29) is 48.7 Å². The highest BCUT2D eigenvalue weighted by molar-refractivity contribution is 6.30. The van der Waals surface area contributed by atoms with Gasteiger partial charge in [0.1, 0.15) is 5.82 Å². The van der Waals surface area contributed by atoms with Crippen molar-refractivity contribution in [3.05, 3.63) is 58.5 Å². The molecule has 184 valence electrons. The number of esters is 1. The van der Waals surface area contributed by atoms with E-state index in [9.17, 15) is 14.0 Å². The minimum absolute atomic E-state index is 0.00536. The maximum absolute atomic E-state index is 13.2. The van der Waals surface area contributed by atoms with E-state index in [2.05, 4.69) is 16.8 Å². The number of halogens is 2. The van der Waals surface area contributed by atoms with Crippen molar-refractivity contribution in [3.63, 3.8) is 0 Å². The third-order valence-electron chi connectivity index (χ3n) is 5.86. The van der Waals surface area contributed by atoms with Gasteiger partial charge in [0.15, 0.2) is 6.61 Å². The van der Waals surface area contributed by atoms with Crippen molar-refractivity contribution in [1.29, 1.82) is 0 Å². The molecule has 0 bridgehead atoms. The molecule has 1 saturated heterocycles. The van der Waals surface area contributed by atoms with Crippen molar-refractivity contribution >= 4 is 23.5 Å². The molecule has 1 aliphatic rings. The van der Waals surface area contributed by atoms with Crippen molar-refractivity contribution in [1.82, 2.24) is 14.8 Å². The molecule has 0 saturated carbocycles. The Morgan fingerprint density at radius 3 is 2.62 bits per heavy atom. The normalized spacial score (nSPS) is 18.6. The predicted molar refractivity (Wildman–Crippen MR) is 127 cm³/mol. The zero-order valence-electron chi connectivity index (χ0n) is 19.8. The van der Waals surface area contributed by atoms with Gasteiger partial charge >= 0.3 is 5.97 Å². The zero-order chi connectivity index (χ0) is 24.7. The van der Waals surface area contributed by atoms with Crippen LogP contribution in [0, 0.1) is 5.82 Å². The molecular formula is C25H31ClFN3O4. The summed E-state index contributed by atoms with van der Waals surface area (Å²) in [6.07, 6.45) is 1.98. The first kappa shape index (κ1) is 25.9. The highest BCUT2D eigenvalue weighted by Crippen LogP contribution is 2.23. The number of hydrogen-bond acceptors (Lipinski definition) is 6. The van der Waals surface area contributed by atoms with Crippen LogP contribution in [0.15, 0.2) is 36.5 Å². The minimum Gasteiger partial charge on any atom is -0.467 e. The number of benzene rings is 1. The van der Waals surface area contributed by atoms with Gasteiger partial charge in [-0.1, -0.05) is 23.7 Å². The molecule has 0 N–H and O–H groups in total. The molecule has 1 aliphatic heterocycles. The zero-order valence-corrected chi connectivity index (χ0v) is 20.6. The molecule has 2 aromatic rings. The van der Waals surface area contributed by atoms with Crippen LogP contribution >= 0.6 is 11.6 Å². The van der Waals surface area contributed by atoms with E-state index in [0.717, 1.165) is 5.56 Å². The lowest BCUT2D eigenvalue weighted by atomic mass is 10.1. The SMILES string of the molecule is CCOC(=O)CCc1cc(Cl)cnc1OCC(=O)N1C[C@H](C)N(Cc2ccc(F)cc2)C[C@H]1C. The summed E-state index contributed by atoms with van der Waals surface area (Å²) in [5, 5.41) is 0.428. The van der Waals surface area contributed by atoms with E-state index in [1.54, 1.807) is 25.1 Å². The number of nitrogens with zero attached hydrogens (tertiary/aromatic N) is 3. The van der Waals surface area contributed by atoms with Gasteiger partial charge in [0, 0.05) is 49.9 Å². The van der Waals surface area contributed by atoms with Gasteiger partial charge in [-0.3, -0.25) is 14.5 Å². The number of pyridine rings is 1. The molecule has 1 aromatic carbocycles. The summed E-state index contributed by atoms with van der Waals surface area (Å²) < 4.78 is 23.9. The smallest absolute Gasteiger partial charge is 0.306 e. The van der Waals surface area contributed by atoms with Gasteiger partial charge in [-0.05, 0) is 51.0 Å². The van der Waals surface area contributed by atoms with Crippen molar-refractivity contribution in [2.45, 2.75) is 52.2 Å². The monoisotopic (exact) mass is 491 g/mol. The number of aryl methyl sites for hydroxylation is 1. The Morgan fingerprint density at radius 2 is 1.91 bits per heavy atom. The van der Waals surface area contributed by atoms with Gasteiger partial charge in [-0.2, -0.15) is 0 Å². The Kier molecular flexibility index (Phi) is 9.24. The molecule has 2 heterocycles. The van der Waals surface area contributed by atoms with E-state index in [0.29, 0.717) is 43.2 Å². The molecule has 0 spiro atoms. The van der Waals surface area contributed by atoms with Gasteiger partial charge in [0.25, 0.3) is 5.91 Å². The summed E-state index contributed by atoms with van der Waals surface area (Å²) in [6, 6.07) is 8.33. The Labute approximate surface area is 204 Å². The molecule has 3 rings (SSSR count). The van der Waals surface area contributed by atoms with E-state index < -0.39 is 0 Å². The van der Waals surface area contributed by atoms with Gasteiger partial charge in [0.2, 0.25) is 5.88 Å². The van der Waals surface area contributed by atoms with Crippen molar-refractivity contribution in [3.8, 4) is 5.88 Å². The van der Waals surface area contributed by atoms with Crippen LogP contribution in [0.25, 0.3) is 0 Å². The molecule has 0 unspecified atom stereocenters. The van der Waals surface area contributed by atoms with Crippen LogP contribution in [0.4, 0.5) is 4.39 Å². The molecule has 0 aliphatic carbocycles. The van der Waals surface area contributed by atoms with Crippen LogP contribution in [0.5, 0.6) is 5.88 Å². The highest BCUT2D eigenvalue weighted by atomic mass is 35.5. The van der Waals surface area contributed by atoms with Gasteiger partial charge in [-0.15, -0.1) is 0 Å². The number of aromatic nitrogens is 1. The molecular weight excluding hydrogens is 461 g/mol. The second-order valence-corrected chi connectivity index (χ2v) is 8.95. The Balaban J connectivity index is 1.57. The summed E-state index contributed by atoms with van der Waals surface area (Å²) in [6.45, 7) is 7.96. The number of carbonyl (C=O) groups is 2. The van der Waals surface area contributed by atoms with Crippen LogP contribution in [-0.4, -0.2) is 65.0 Å². The first-order valence-corrected chi connectivity index (χ1v) is 11.9. The van der Waals surface area contributed by atoms with Gasteiger partial charge in [-0.25, -0.2) is 9.37 Å². The van der Waals surface area contributed by atoms with Crippen LogP contribution in [-0.2, 0) is 27.3 Å². The van der Waals surface area contributed by atoms with Crippen LogP contribution < -0.4 is 4.74 Å². The van der Waals surface area contributed by atoms with Gasteiger partial charge < -0.3 is 14.4 Å². The average Bonchev–Trinajstić information content (AvgIpc) is 2.80. The number of piperazine rings is 1. The Bertz CT molecular complexity index is 989. The molecule has 2 atom stereocenters. The first-order valence-electron chi connectivity index (χ1n) is 11.5. The summed E-state index contributed by atoms with van der Waals surface area (Å²) in [4.78, 5) is 33.0.